The van der Waals surface area contributed by atoms with Crippen LogP contribution >= 0.6 is 0 Å². The predicted octanol–water partition coefficient (Wildman–Crippen LogP) is 2.80. The van der Waals surface area contributed by atoms with Crippen LogP contribution in [0.3, 0.4) is 0 Å². The normalized spacial score (nSPS) is 24.3. The average molecular weight is 263 g/mol. The van der Waals surface area contributed by atoms with Gasteiger partial charge in [-0.3, -0.25) is 15.0 Å². The molecular weight excluding hydrogens is 242 g/mol. The Bertz CT molecular complexity index is 476. The summed E-state index contributed by atoms with van der Waals surface area (Å²) in [5, 5.41) is 10.8. The van der Waals surface area contributed by atoms with E-state index in [1.54, 1.807) is 12.1 Å². The number of anilines is 1. The highest BCUT2D eigenvalue weighted by atomic mass is 16.6. The van der Waals surface area contributed by atoms with Crippen molar-refractivity contribution in [3.05, 3.63) is 33.9 Å². The van der Waals surface area contributed by atoms with Crippen molar-refractivity contribution in [3.8, 4) is 0 Å². The van der Waals surface area contributed by atoms with Crippen molar-refractivity contribution >= 4 is 11.4 Å². The van der Waals surface area contributed by atoms with Crippen LogP contribution in [0.5, 0.6) is 0 Å². The molecule has 1 fully saturated rings. The zero-order valence-corrected chi connectivity index (χ0v) is 11.5. The number of nitrogens with two attached hydrogens (primary N) is 1. The van der Waals surface area contributed by atoms with Gasteiger partial charge in [-0.25, -0.2) is 0 Å². The first-order chi connectivity index (χ1) is 8.97. The van der Waals surface area contributed by atoms with Crippen LogP contribution < -0.4 is 5.73 Å². The summed E-state index contributed by atoms with van der Waals surface area (Å²) in [5.74, 6) is 0.677. The molecule has 2 rings (SSSR count). The molecule has 1 aliphatic heterocycles. The SMILES string of the molecule is CC1CCC(C)N(Cc2cc([N+](=O)[O-])ccc2N)C1. The molecule has 1 saturated heterocycles. The molecule has 0 aromatic heterocycles. The van der Waals surface area contributed by atoms with Crippen LogP contribution in [0.1, 0.15) is 32.3 Å². The summed E-state index contributed by atoms with van der Waals surface area (Å²) in [6.45, 7) is 6.18. The van der Waals surface area contributed by atoms with Crippen LogP contribution in [0.15, 0.2) is 18.2 Å². The third-order valence-corrected chi connectivity index (χ3v) is 3.96. The minimum absolute atomic E-state index is 0.113. The molecule has 104 valence electrons. The second-order valence-electron chi connectivity index (χ2n) is 5.60. The maximum atomic E-state index is 10.8. The van der Waals surface area contributed by atoms with Gasteiger partial charge in [0.15, 0.2) is 0 Å². The van der Waals surface area contributed by atoms with Crippen LogP contribution in [-0.2, 0) is 6.54 Å². The molecule has 0 radical (unpaired) electrons. The summed E-state index contributed by atoms with van der Waals surface area (Å²) < 4.78 is 0. The van der Waals surface area contributed by atoms with Gasteiger partial charge in [0.1, 0.15) is 0 Å². The standard InChI is InChI=1S/C14H21N3O2/c1-10-3-4-11(2)16(8-10)9-12-7-13(17(18)19)5-6-14(12)15/h5-7,10-11H,3-4,8-9,15H2,1-2H3. The molecule has 0 saturated carbocycles. The second-order valence-corrected chi connectivity index (χ2v) is 5.60. The second kappa shape index (κ2) is 5.57. The number of nitro benzene ring substituents is 1. The first kappa shape index (κ1) is 13.8. The third kappa shape index (κ3) is 3.23. The fourth-order valence-corrected chi connectivity index (χ4v) is 2.66. The van der Waals surface area contributed by atoms with E-state index in [-0.39, 0.29) is 10.6 Å². The van der Waals surface area contributed by atoms with Crippen molar-refractivity contribution in [1.82, 2.24) is 4.90 Å². The summed E-state index contributed by atoms with van der Waals surface area (Å²) in [6, 6.07) is 5.20. The first-order valence-electron chi connectivity index (χ1n) is 6.74. The van der Waals surface area contributed by atoms with Gasteiger partial charge in [0.25, 0.3) is 5.69 Å². The van der Waals surface area contributed by atoms with Gasteiger partial charge in [-0.1, -0.05) is 6.92 Å². The lowest BCUT2D eigenvalue weighted by Gasteiger charge is -2.36. The average Bonchev–Trinajstić information content (AvgIpc) is 2.36. The highest BCUT2D eigenvalue weighted by Gasteiger charge is 2.23. The van der Waals surface area contributed by atoms with E-state index in [2.05, 4.69) is 18.7 Å². The van der Waals surface area contributed by atoms with Crippen LogP contribution in [0.4, 0.5) is 11.4 Å². The monoisotopic (exact) mass is 263 g/mol. The Balaban J connectivity index is 2.17. The fraction of sp³-hybridized carbons (Fsp3) is 0.571. The summed E-state index contributed by atoms with van der Waals surface area (Å²) >= 11 is 0. The van der Waals surface area contributed by atoms with Gasteiger partial charge in [0.05, 0.1) is 4.92 Å². The van der Waals surface area contributed by atoms with Crippen molar-refractivity contribution in [2.45, 2.75) is 39.3 Å². The molecule has 1 aromatic rings. The van der Waals surface area contributed by atoms with Gasteiger partial charge in [0, 0.05) is 37.0 Å². The van der Waals surface area contributed by atoms with Crippen molar-refractivity contribution in [2.75, 3.05) is 12.3 Å². The van der Waals surface area contributed by atoms with E-state index in [0.717, 1.165) is 12.1 Å². The number of hydrogen-bond acceptors (Lipinski definition) is 4. The molecule has 0 spiro atoms. The van der Waals surface area contributed by atoms with Gasteiger partial charge >= 0.3 is 0 Å². The Morgan fingerprint density at radius 2 is 2.16 bits per heavy atom. The maximum Gasteiger partial charge on any atom is 0.269 e. The molecule has 0 aliphatic carbocycles. The molecule has 1 aromatic carbocycles. The van der Waals surface area contributed by atoms with Gasteiger partial charge in [-0.05, 0) is 37.3 Å². The quantitative estimate of drug-likeness (QED) is 0.517. The number of hydrogen-bond donors (Lipinski definition) is 1. The Kier molecular flexibility index (Phi) is 4.04. The van der Waals surface area contributed by atoms with E-state index in [9.17, 15) is 10.1 Å². The molecule has 1 heterocycles. The number of nitro groups is 1. The van der Waals surface area contributed by atoms with Crippen molar-refractivity contribution < 1.29 is 4.92 Å². The van der Waals surface area contributed by atoms with Crippen molar-refractivity contribution in [1.29, 1.82) is 0 Å². The number of nitrogen functional groups attached to an aromatic ring is 1. The molecular formula is C14H21N3O2. The highest BCUT2D eigenvalue weighted by Crippen LogP contribution is 2.26. The predicted molar refractivity (Wildman–Crippen MR) is 75.8 cm³/mol. The fourth-order valence-electron chi connectivity index (χ4n) is 2.66. The molecule has 2 unspecified atom stereocenters. The third-order valence-electron chi connectivity index (χ3n) is 3.96. The Labute approximate surface area is 113 Å². The molecule has 19 heavy (non-hydrogen) atoms. The molecule has 5 nitrogen and oxygen atoms in total. The molecule has 0 bridgehead atoms. The van der Waals surface area contributed by atoms with Crippen molar-refractivity contribution in [3.63, 3.8) is 0 Å². The topological polar surface area (TPSA) is 72.4 Å². The van der Waals surface area contributed by atoms with Gasteiger partial charge in [0.2, 0.25) is 0 Å². The molecule has 2 N–H and O–H groups in total. The lowest BCUT2D eigenvalue weighted by molar-refractivity contribution is -0.384. The molecule has 1 aliphatic rings. The largest absolute Gasteiger partial charge is 0.398 e. The summed E-state index contributed by atoms with van der Waals surface area (Å²) in [4.78, 5) is 12.8. The van der Waals surface area contributed by atoms with Gasteiger partial charge < -0.3 is 5.73 Å². The zero-order chi connectivity index (χ0) is 14.0. The number of benzene rings is 1. The molecule has 2 atom stereocenters. The Morgan fingerprint density at radius 3 is 2.84 bits per heavy atom. The van der Waals surface area contributed by atoms with Crippen LogP contribution in [0.2, 0.25) is 0 Å². The minimum Gasteiger partial charge on any atom is -0.398 e. The van der Waals surface area contributed by atoms with Gasteiger partial charge in [-0.2, -0.15) is 0 Å². The van der Waals surface area contributed by atoms with E-state index < -0.39 is 0 Å². The van der Waals surface area contributed by atoms with Crippen LogP contribution in [0, 0.1) is 16.0 Å². The minimum atomic E-state index is -0.370. The highest BCUT2D eigenvalue weighted by molar-refractivity contribution is 5.52. The number of piperidine rings is 1. The maximum absolute atomic E-state index is 10.8. The Morgan fingerprint density at radius 1 is 1.42 bits per heavy atom. The number of likely N-dealkylation sites (tertiary alicyclic amines) is 1. The lowest BCUT2D eigenvalue weighted by Crippen LogP contribution is -2.40. The molecule has 5 heteroatoms. The lowest BCUT2D eigenvalue weighted by atomic mass is 9.94. The zero-order valence-electron chi connectivity index (χ0n) is 11.5. The van der Waals surface area contributed by atoms with Crippen molar-refractivity contribution in [2.24, 2.45) is 5.92 Å². The van der Waals surface area contributed by atoms with E-state index in [4.69, 9.17) is 5.73 Å². The first-order valence-corrected chi connectivity index (χ1v) is 6.74. The van der Waals surface area contributed by atoms with E-state index in [1.165, 1.54) is 18.9 Å². The van der Waals surface area contributed by atoms with Crippen LogP contribution in [-0.4, -0.2) is 22.4 Å². The summed E-state index contributed by atoms with van der Waals surface area (Å²) in [7, 11) is 0. The number of non-ortho nitro benzene ring substituents is 1. The van der Waals surface area contributed by atoms with E-state index in [1.807, 2.05) is 0 Å². The van der Waals surface area contributed by atoms with E-state index >= 15 is 0 Å². The Hall–Kier alpha value is -1.62. The summed E-state index contributed by atoms with van der Waals surface area (Å²) in [5.41, 5.74) is 7.54. The van der Waals surface area contributed by atoms with Gasteiger partial charge in [-0.15, -0.1) is 0 Å². The molecule has 0 amide bonds. The smallest absolute Gasteiger partial charge is 0.269 e. The van der Waals surface area contributed by atoms with E-state index in [0.29, 0.717) is 24.2 Å². The number of rotatable bonds is 3. The number of nitrogens with zero attached hydrogens (tertiary/aromatic N) is 2. The summed E-state index contributed by atoms with van der Waals surface area (Å²) in [6.07, 6.45) is 2.43. The van der Waals surface area contributed by atoms with Crippen LogP contribution in [0.25, 0.3) is 0 Å².